The van der Waals surface area contributed by atoms with Crippen molar-refractivity contribution in [1.82, 2.24) is 9.88 Å². The molecule has 0 spiro atoms. The van der Waals surface area contributed by atoms with Crippen molar-refractivity contribution in [1.29, 1.82) is 0 Å². The number of hydrogen-bond donors (Lipinski definition) is 2. The highest BCUT2D eigenvalue weighted by atomic mass is 19.3. The molecule has 1 heterocycles. The van der Waals surface area contributed by atoms with Crippen LogP contribution in [0.15, 0.2) is 24.5 Å². The molecule has 1 aromatic heterocycles. The summed E-state index contributed by atoms with van der Waals surface area (Å²) in [6.45, 7) is 1.34. The van der Waals surface area contributed by atoms with E-state index in [1.165, 1.54) is 4.90 Å². The Hall–Kier alpha value is -1.11. The first-order valence-electron chi connectivity index (χ1n) is 5.84. The van der Waals surface area contributed by atoms with E-state index in [9.17, 15) is 8.78 Å². The maximum atomic E-state index is 12.6. The fourth-order valence-corrected chi connectivity index (χ4v) is 2.06. The SMILES string of the molecule is CC(N)C(c1ccncc1)N(CCO)CC(F)F. The summed E-state index contributed by atoms with van der Waals surface area (Å²) in [5.74, 6) is 0. The Morgan fingerprint density at radius 1 is 1.39 bits per heavy atom. The minimum absolute atomic E-state index is 0.166. The summed E-state index contributed by atoms with van der Waals surface area (Å²) >= 11 is 0. The van der Waals surface area contributed by atoms with Crippen molar-refractivity contribution in [2.45, 2.75) is 25.4 Å². The first-order chi connectivity index (χ1) is 8.56. The molecular formula is C12H19F2N3O. The summed E-state index contributed by atoms with van der Waals surface area (Å²) in [4.78, 5) is 5.40. The van der Waals surface area contributed by atoms with Gasteiger partial charge in [0.1, 0.15) is 0 Å². The van der Waals surface area contributed by atoms with Crippen molar-refractivity contribution >= 4 is 0 Å². The second kappa shape index (κ2) is 7.35. The molecule has 2 unspecified atom stereocenters. The molecule has 0 fully saturated rings. The fraction of sp³-hybridized carbons (Fsp3) is 0.583. The monoisotopic (exact) mass is 259 g/mol. The third-order valence-electron chi connectivity index (χ3n) is 2.70. The smallest absolute Gasteiger partial charge is 0.251 e. The zero-order valence-electron chi connectivity index (χ0n) is 10.3. The molecule has 0 saturated carbocycles. The van der Waals surface area contributed by atoms with E-state index in [0.29, 0.717) is 0 Å². The Balaban J connectivity index is 2.93. The summed E-state index contributed by atoms with van der Waals surface area (Å²) in [5.41, 5.74) is 6.71. The van der Waals surface area contributed by atoms with Gasteiger partial charge >= 0.3 is 0 Å². The van der Waals surface area contributed by atoms with Gasteiger partial charge in [-0.25, -0.2) is 8.78 Å². The van der Waals surface area contributed by atoms with Gasteiger partial charge in [-0.3, -0.25) is 9.88 Å². The number of nitrogens with two attached hydrogens (primary N) is 1. The number of aromatic nitrogens is 1. The highest BCUT2D eigenvalue weighted by Gasteiger charge is 2.25. The molecule has 0 aliphatic carbocycles. The lowest BCUT2D eigenvalue weighted by atomic mass is 10.0. The van der Waals surface area contributed by atoms with Gasteiger partial charge in [-0.15, -0.1) is 0 Å². The Kier molecular flexibility index (Phi) is 6.11. The predicted octanol–water partition coefficient (Wildman–Crippen LogP) is 1.03. The van der Waals surface area contributed by atoms with Crippen LogP contribution in [0, 0.1) is 0 Å². The van der Waals surface area contributed by atoms with Gasteiger partial charge in [0.2, 0.25) is 0 Å². The Bertz CT molecular complexity index is 335. The summed E-state index contributed by atoms with van der Waals surface area (Å²) in [7, 11) is 0. The number of alkyl halides is 2. The minimum Gasteiger partial charge on any atom is -0.395 e. The lowest BCUT2D eigenvalue weighted by molar-refractivity contribution is 0.0487. The van der Waals surface area contributed by atoms with Crippen LogP contribution in [0.3, 0.4) is 0 Å². The molecule has 3 N–H and O–H groups in total. The van der Waals surface area contributed by atoms with E-state index in [0.717, 1.165) is 5.56 Å². The van der Waals surface area contributed by atoms with Crippen molar-refractivity contribution < 1.29 is 13.9 Å². The highest BCUT2D eigenvalue weighted by molar-refractivity contribution is 5.17. The topological polar surface area (TPSA) is 62.4 Å². The normalized spacial score (nSPS) is 15.1. The first kappa shape index (κ1) is 14.9. The maximum Gasteiger partial charge on any atom is 0.251 e. The van der Waals surface area contributed by atoms with Gasteiger partial charge in [0, 0.05) is 25.0 Å². The van der Waals surface area contributed by atoms with E-state index in [-0.39, 0.29) is 25.2 Å². The average Bonchev–Trinajstić information content (AvgIpc) is 2.29. The molecule has 0 aliphatic rings. The van der Waals surface area contributed by atoms with Crippen LogP contribution >= 0.6 is 0 Å². The lowest BCUT2D eigenvalue weighted by Crippen LogP contribution is -2.43. The summed E-state index contributed by atoms with van der Waals surface area (Å²) in [6.07, 6.45) is 0.744. The first-order valence-corrected chi connectivity index (χ1v) is 5.84. The molecule has 0 aliphatic heterocycles. The van der Waals surface area contributed by atoms with E-state index in [4.69, 9.17) is 10.8 Å². The van der Waals surface area contributed by atoms with Crippen LogP contribution in [0.2, 0.25) is 0 Å². The zero-order chi connectivity index (χ0) is 13.5. The van der Waals surface area contributed by atoms with Crippen LogP contribution in [0.4, 0.5) is 8.78 Å². The highest BCUT2D eigenvalue weighted by Crippen LogP contribution is 2.23. The van der Waals surface area contributed by atoms with Crippen molar-refractivity contribution in [2.24, 2.45) is 5.73 Å². The van der Waals surface area contributed by atoms with Crippen LogP contribution in [0.1, 0.15) is 18.5 Å². The number of pyridine rings is 1. The van der Waals surface area contributed by atoms with Gasteiger partial charge in [0.15, 0.2) is 0 Å². The van der Waals surface area contributed by atoms with Crippen LogP contribution < -0.4 is 5.73 Å². The number of aliphatic hydroxyl groups excluding tert-OH is 1. The maximum absolute atomic E-state index is 12.6. The number of aliphatic hydroxyl groups is 1. The molecule has 18 heavy (non-hydrogen) atoms. The molecule has 0 saturated heterocycles. The molecule has 1 aromatic rings. The summed E-state index contributed by atoms with van der Waals surface area (Å²) in [5, 5.41) is 8.99. The average molecular weight is 259 g/mol. The molecule has 0 aromatic carbocycles. The van der Waals surface area contributed by atoms with E-state index < -0.39 is 13.0 Å². The molecular weight excluding hydrogens is 240 g/mol. The van der Waals surface area contributed by atoms with E-state index in [1.807, 2.05) is 0 Å². The quantitative estimate of drug-likeness (QED) is 0.767. The van der Waals surface area contributed by atoms with Crippen molar-refractivity contribution in [3.63, 3.8) is 0 Å². The van der Waals surface area contributed by atoms with E-state index in [2.05, 4.69) is 4.98 Å². The largest absolute Gasteiger partial charge is 0.395 e. The second-order valence-corrected chi connectivity index (χ2v) is 4.19. The molecule has 0 radical (unpaired) electrons. The van der Waals surface area contributed by atoms with Gasteiger partial charge in [0.05, 0.1) is 19.2 Å². The molecule has 1 rings (SSSR count). The minimum atomic E-state index is -2.46. The Morgan fingerprint density at radius 2 is 2.00 bits per heavy atom. The van der Waals surface area contributed by atoms with Crippen molar-refractivity contribution in [2.75, 3.05) is 19.7 Å². The van der Waals surface area contributed by atoms with Crippen LogP contribution in [-0.2, 0) is 0 Å². The predicted molar refractivity (Wildman–Crippen MR) is 65.3 cm³/mol. The number of hydrogen-bond acceptors (Lipinski definition) is 4. The Labute approximate surface area is 105 Å². The lowest BCUT2D eigenvalue weighted by Gasteiger charge is -2.33. The zero-order valence-corrected chi connectivity index (χ0v) is 10.3. The molecule has 0 bridgehead atoms. The third kappa shape index (κ3) is 4.29. The van der Waals surface area contributed by atoms with Gasteiger partial charge in [-0.2, -0.15) is 0 Å². The summed E-state index contributed by atoms with van der Waals surface area (Å²) in [6, 6.07) is 2.83. The standard InChI is InChI=1S/C12H19F2N3O/c1-9(15)12(10-2-4-16-5-3-10)17(6-7-18)8-11(13)14/h2-5,9,11-12,18H,6-8,15H2,1H3. The van der Waals surface area contributed by atoms with Gasteiger partial charge in [-0.05, 0) is 24.6 Å². The second-order valence-electron chi connectivity index (χ2n) is 4.19. The molecule has 0 amide bonds. The van der Waals surface area contributed by atoms with Gasteiger partial charge < -0.3 is 10.8 Å². The molecule has 6 heteroatoms. The van der Waals surface area contributed by atoms with E-state index >= 15 is 0 Å². The van der Waals surface area contributed by atoms with Gasteiger partial charge in [0.25, 0.3) is 6.43 Å². The van der Waals surface area contributed by atoms with Crippen LogP contribution in [0.25, 0.3) is 0 Å². The fourth-order valence-electron chi connectivity index (χ4n) is 2.06. The summed E-state index contributed by atoms with van der Waals surface area (Å²) < 4.78 is 25.1. The van der Waals surface area contributed by atoms with Crippen LogP contribution in [0.5, 0.6) is 0 Å². The van der Waals surface area contributed by atoms with Crippen molar-refractivity contribution in [3.8, 4) is 0 Å². The number of rotatable bonds is 7. The van der Waals surface area contributed by atoms with Gasteiger partial charge in [-0.1, -0.05) is 0 Å². The van der Waals surface area contributed by atoms with Crippen LogP contribution in [-0.4, -0.2) is 47.2 Å². The Morgan fingerprint density at radius 3 is 2.44 bits per heavy atom. The van der Waals surface area contributed by atoms with E-state index in [1.54, 1.807) is 31.5 Å². The number of nitrogens with zero attached hydrogens (tertiary/aromatic N) is 2. The third-order valence-corrected chi connectivity index (χ3v) is 2.70. The molecule has 102 valence electrons. The number of halogens is 2. The molecule has 2 atom stereocenters. The molecule has 4 nitrogen and oxygen atoms in total. The van der Waals surface area contributed by atoms with Crippen molar-refractivity contribution in [3.05, 3.63) is 30.1 Å².